The molecular weight excluding hydrogens is 391 g/mol. The Morgan fingerprint density at radius 3 is 2.90 bits per heavy atom. The Kier molecular flexibility index (Phi) is 5.42. The zero-order chi connectivity index (χ0) is 20.5. The van der Waals surface area contributed by atoms with Gasteiger partial charge in [0.1, 0.15) is 5.82 Å². The van der Waals surface area contributed by atoms with Crippen molar-refractivity contribution >= 4 is 33.4 Å². The number of hydrogen-bond donors (Lipinski definition) is 2. The van der Waals surface area contributed by atoms with Crippen LogP contribution in [0, 0.1) is 12.7 Å². The Labute approximate surface area is 172 Å². The summed E-state index contributed by atoms with van der Waals surface area (Å²) in [5.41, 5.74) is 1.83. The van der Waals surface area contributed by atoms with Crippen LogP contribution in [0.25, 0.3) is 10.2 Å². The highest BCUT2D eigenvalue weighted by Gasteiger charge is 2.29. The molecule has 1 aliphatic rings. The topological polar surface area (TPSA) is 83.0 Å². The molecule has 1 saturated heterocycles. The van der Waals surface area contributed by atoms with Crippen molar-refractivity contribution in [3.63, 3.8) is 0 Å². The van der Waals surface area contributed by atoms with E-state index < -0.39 is 5.82 Å². The highest BCUT2D eigenvalue weighted by molar-refractivity contribution is 7.19. The summed E-state index contributed by atoms with van der Waals surface area (Å²) >= 11 is 1.52. The predicted octanol–water partition coefficient (Wildman–Crippen LogP) is 3.14. The number of rotatable bonds is 5. The van der Waals surface area contributed by atoms with Crippen molar-refractivity contribution in [2.45, 2.75) is 32.4 Å². The molecule has 7 nitrogen and oxygen atoms in total. The fourth-order valence-electron chi connectivity index (χ4n) is 3.53. The molecule has 4 heterocycles. The van der Waals surface area contributed by atoms with Crippen LogP contribution in [0.3, 0.4) is 0 Å². The molecule has 3 aromatic heterocycles. The van der Waals surface area contributed by atoms with Crippen molar-refractivity contribution in [3.05, 3.63) is 46.5 Å². The fraction of sp³-hybridized carbons (Fsp3) is 0.400. The summed E-state index contributed by atoms with van der Waals surface area (Å²) in [6.45, 7) is 5.23. The second-order valence-electron chi connectivity index (χ2n) is 7.30. The summed E-state index contributed by atoms with van der Waals surface area (Å²) < 4.78 is 14.3. The van der Waals surface area contributed by atoms with Crippen molar-refractivity contribution in [2.24, 2.45) is 0 Å². The molecule has 1 amide bonds. The standard InChI is InChI=1S/C20H23FN6OS/c1-11-6-16-18(29-11)17(19(28)27-5-4-15(10-27)22-3)26-20(25-16)24-12(2)13-7-14(21)9-23-8-13/h6-9,12,15,22H,4-5,10H2,1-3H3,(H,24,25,26)/t12-,15?/m0/s1. The summed E-state index contributed by atoms with van der Waals surface area (Å²) in [5.74, 6) is -0.134. The molecule has 0 aliphatic carbocycles. The van der Waals surface area contributed by atoms with E-state index in [0.717, 1.165) is 27.7 Å². The predicted molar refractivity (Wildman–Crippen MR) is 112 cm³/mol. The number of carbonyl (C=O) groups is 1. The van der Waals surface area contributed by atoms with Crippen LogP contribution in [0.4, 0.5) is 10.3 Å². The third-order valence-electron chi connectivity index (χ3n) is 5.15. The number of amides is 1. The third-order valence-corrected chi connectivity index (χ3v) is 6.20. The van der Waals surface area contributed by atoms with Crippen LogP contribution in [0.15, 0.2) is 24.5 Å². The van der Waals surface area contributed by atoms with Crippen LogP contribution < -0.4 is 10.6 Å². The van der Waals surface area contributed by atoms with E-state index in [1.807, 2.05) is 31.9 Å². The van der Waals surface area contributed by atoms with Crippen LogP contribution in [0.1, 0.15) is 40.3 Å². The van der Waals surface area contributed by atoms with Gasteiger partial charge in [0.25, 0.3) is 5.91 Å². The average molecular weight is 415 g/mol. The lowest BCUT2D eigenvalue weighted by atomic mass is 10.1. The second-order valence-corrected chi connectivity index (χ2v) is 8.55. The van der Waals surface area contributed by atoms with Gasteiger partial charge in [0.2, 0.25) is 5.95 Å². The maximum atomic E-state index is 13.5. The minimum Gasteiger partial charge on any atom is -0.348 e. The van der Waals surface area contributed by atoms with Crippen LogP contribution in [0.5, 0.6) is 0 Å². The van der Waals surface area contributed by atoms with Crippen molar-refractivity contribution in [2.75, 3.05) is 25.5 Å². The summed E-state index contributed by atoms with van der Waals surface area (Å²) in [6, 6.07) is 3.42. The van der Waals surface area contributed by atoms with Gasteiger partial charge in [-0.05, 0) is 45.0 Å². The largest absolute Gasteiger partial charge is 0.348 e. The van der Waals surface area contributed by atoms with Crippen LogP contribution >= 0.6 is 11.3 Å². The zero-order valence-electron chi connectivity index (χ0n) is 16.6. The summed E-state index contributed by atoms with van der Waals surface area (Å²) in [5, 5.41) is 6.41. The number of aryl methyl sites for hydroxylation is 1. The van der Waals surface area contributed by atoms with Gasteiger partial charge in [-0.2, -0.15) is 0 Å². The lowest BCUT2D eigenvalue weighted by Gasteiger charge is -2.18. The third kappa shape index (κ3) is 4.06. The Hall–Kier alpha value is -2.65. The number of nitrogens with zero attached hydrogens (tertiary/aromatic N) is 4. The monoisotopic (exact) mass is 414 g/mol. The van der Waals surface area contributed by atoms with Crippen molar-refractivity contribution < 1.29 is 9.18 Å². The Balaban J connectivity index is 1.66. The van der Waals surface area contributed by atoms with Crippen LogP contribution in [-0.4, -0.2) is 51.9 Å². The van der Waals surface area contributed by atoms with Gasteiger partial charge in [0, 0.05) is 30.2 Å². The Bertz CT molecular complexity index is 1050. The molecule has 3 aromatic rings. The summed E-state index contributed by atoms with van der Waals surface area (Å²) in [4.78, 5) is 29.1. The van der Waals surface area contributed by atoms with Crippen LogP contribution in [-0.2, 0) is 0 Å². The van der Waals surface area contributed by atoms with Gasteiger partial charge in [-0.25, -0.2) is 14.4 Å². The number of thiophene rings is 1. The molecule has 2 atom stereocenters. The highest BCUT2D eigenvalue weighted by atomic mass is 32.1. The van der Waals surface area contributed by atoms with Gasteiger partial charge in [-0.1, -0.05) is 0 Å². The van der Waals surface area contributed by atoms with E-state index in [2.05, 4.69) is 25.6 Å². The van der Waals surface area contributed by atoms with E-state index in [-0.39, 0.29) is 11.9 Å². The highest BCUT2D eigenvalue weighted by Crippen LogP contribution is 2.29. The lowest BCUT2D eigenvalue weighted by Crippen LogP contribution is -2.34. The van der Waals surface area contributed by atoms with Gasteiger partial charge in [0.15, 0.2) is 5.69 Å². The zero-order valence-corrected chi connectivity index (χ0v) is 17.4. The molecule has 1 unspecified atom stereocenters. The lowest BCUT2D eigenvalue weighted by molar-refractivity contribution is 0.0786. The van der Waals surface area contributed by atoms with Crippen molar-refractivity contribution in [3.8, 4) is 0 Å². The molecule has 0 bridgehead atoms. The number of likely N-dealkylation sites (N-methyl/N-ethyl adjacent to an activating group) is 1. The van der Waals surface area contributed by atoms with E-state index in [1.165, 1.54) is 17.4 Å². The molecule has 9 heteroatoms. The minimum atomic E-state index is -0.398. The number of anilines is 1. The SMILES string of the molecule is CNC1CCN(C(=O)c2nc(N[C@@H](C)c3cncc(F)c3)nc3cc(C)sc23)C1. The smallest absolute Gasteiger partial charge is 0.274 e. The first-order valence-electron chi connectivity index (χ1n) is 9.56. The molecular formula is C20H23FN6OS. The van der Waals surface area contributed by atoms with Gasteiger partial charge in [-0.3, -0.25) is 9.78 Å². The van der Waals surface area contributed by atoms with Gasteiger partial charge in [0.05, 0.1) is 22.5 Å². The molecule has 152 valence electrons. The number of carbonyl (C=O) groups excluding carboxylic acids is 1. The number of nitrogens with one attached hydrogen (secondary N) is 2. The first-order chi connectivity index (χ1) is 13.9. The number of halogens is 1. The maximum absolute atomic E-state index is 13.5. The van der Waals surface area contributed by atoms with Crippen LogP contribution in [0.2, 0.25) is 0 Å². The van der Waals surface area contributed by atoms with Crippen molar-refractivity contribution in [1.82, 2.24) is 25.2 Å². The van der Waals surface area contributed by atoms with Gasteiger partial charge < -0.3 is 15.5 Å². The maximum Gasteiger partial charge on any atom is 0.274 e. The fourth-order valence-corrected chi connectivity index (χ4v) is 4.46. The molecule has 1 fully saturated rings. The molecule has 4 rings (SSSR count). The average Bonchev–Trinajstić information content (AvgIpc) is 3.32. The van der Waals surface area contributed by atoms with Gasteiger partial charge >= 0.3 is 0 Å². The van der Waals surface area contributed by atoms with Crippen molar-refractivity contribution in [1.29, 1.82) is 0 Å². The second kappa shape index (κ2) is 8.00. The number of hydrogen-bond acceptors (Lipinski definition) is 7. The first-order valence-corrected chi connectivity index (χ1v) is 10.4. The van der Waals surface area contributed by atoms with E-state index in [4.69, 9.17) is 0 Å². The molecule has 1 aliphatic heterocycles. The molecule has 0 spiro atoms. The molecule has 29 heavy (non-hydrogen) atoms. The Morgan fingerprint density at radius 2 is 2.17 bits per heavy atom. The molecule has 0 radical (unpaired) electrons. The molecule has 0 aromatic carbocycles. The quantitative estimate of drug-likeness (QED) is 0.667. The molecule has 0 saturated carbocycles. The van der Waals surface area contributed by atoms with Gasteiger partial charge in [-0.15, -0.1) is 11.3 Å². The minimum absolute atomic E-state index is 0.0832. The first kappa shape index (κ1) is 19.7. The number of fused-ring (bicyclic) bond motifs is 1. The van der Waals surface area contributed by atoms with E-state index in [1.54, 1.807) is 6.20 Å². The van der Waals surface area contributed by atoms with E-state index in [9.17, 15) is 9.18 Å². The Morgan fingerprint density at radius 1 is 1.34 bits per heavy atom. The summed E-state index contributed by atoms with van der Waals surface area (Å²) in [6.07, 6.45) is 3.69. The number of aromatic nitrogens is 3. The molecule has 2 N–H and O–H groups in total. The summed E-state index contributed by atoms with van der Waals surface area (Å²) in [7, 11) is 1.91. The number of pyridine rings is 1. The normalized spacial score (nSPS) is 17.7. The van der Waals surface area contributed by atoms with E-state index in [0.29, 0.717) is 36.3 Å². The van der Waals surface area contributed by atoms with E-state index >= 15 is 0 Å². The number of likely N-dealkylation sites (tertiary alicyclic amines) is 1.